The van der Waals surface area contributed by atoms with Crippen molar-refractivity contribution in [2.24, 2.45) is 0 Å². The van der Waals surface area contributed by atoms with Crippen LogP contribution in [0.3, 0.4) is 0 Å². The zero-order valence-electron chi connectivity index (χ0n) is 8.07. The molecule has 0 radical (unpaired) electrons. The second-order valence-corrected chi connectivity index (χ2v) is 3.40. The lowest BCUT2D eigenvalue weighted by Gasteiger charge is -2.10. The predicted octanol–water partition coefficient (Wildman–Crippen LogP) is 4.15. The first-order chi connectivity index (χ1) is 6.95. The van der Waals surface area contributed by atoms with Crippen LogP contribution in [0.5, 0.6) is 5.75 Å². The zero-order valence-corrected chi connectivity index (χ0v) is 8.82. The van der Waals surface area contributed by atoms with E-state index in [1.807, 2.05) is 6.92 Å². The lowest BCUT2D eigenvalue weighted by molar-refractivity contribution is -0.137. The maximum atomic E-state index is 12.3. The van der Waals surface area contributed by atoms with Gasteiger partial charge in [-0.1, -0.05) is 18.5 Å². The van der Waals surface area contributed by atoms with Crippen LogP contribution < -0.4 is 4.74 Å². The lowest BCUT2D eigenvalue weighted by Crippen LogP contribution is -2.05. The van der Waals surface area contributed by atoms with Gasteiger partial charge in [-0.05, 0) is 24.6 Å². The van der Waals surface area contributed by atoms with E-state index >= 15 is 0 Å². The van der Waals surface area contributed by atoms with Crippen molar-refractivity contribution in [1.29, 1.82) is 0 Å². The molecule has 1 aromatic rings. The Morgan fingerprint density at radius 3 is 2.47 bits per heavy atom. The Labute approximate surface area is 90.8 Å². The summed E-state index contributed by atoms with van der Waals surface area (Å²) in [4.78, 5) is 0. The maximum absolute atomic E-state index is 12.3. The van der Waals surface area contributed by atoms with Crippen LogP contribution in [0.1, 0.15) is 18.9 Å². The van der Waals surface area contributed by atoms with E-state index < -0.39 is 11.7 Å². The highest BCUT2D eigenvalue weighted by Gasteiger charge is 2.30. The highest BCUT2D eigenvalue weighted by atomic mass is 35.5. The molecule has 15 heavy (non-hydrogen) atoms. The molecule has 0 saturated heterocycles. The Hall–Kier alpha value is -0.900. The van der Waals surface area contributed by atoms with Gasteiger partial charge in [-0.3, -0.25) is 0 Å². The van der Waals surface area contributed by atoms with Crippen LogP contribution in [0.4, 0.5) is 13.2 Å². The third-order valence-electron chi connectivity index (χ3n) is 1.72. The lowest BCUT2D eigenvalue weighted by atomic mass is 10.2. The molecule has 0 heterocycles. The minimum Gasteiger partial charge on any atom is -0.492 e. The zero-order chi connectivity index (χ0) is 11.5. The molecule has 0 aliphatic heterocycles. The summed E-state index contributed by atoms with van der Waals surface area (Å²) in [5.41, 5.74) is -0.767. The van der Waals surface area contributed by atoms with Crippen molar-refractivity contribution in [3.05, 3.63) is 28.8 Å². The van der Waals surface area contributed by atoms with E-state index in [0.717, 1.165) is 18.6 Å². The Balaban J connectivity index is 2.88. The van der Waals surface area contributed by atoms with Crippen molar-refractivity contribution >= 4 is 11.6 Å². The van der Waals surface area contributed by atoms with Gasteiger partial charge in [-0.15, -0.1) is 0 Å². The van der Waals surface area contributed by atoms with E-state index in [2.05, 4.69) is 0 Å². The first-order valence-electron chi connectivity index (χ1n) is 4.44. The molecule has 0 atom stereocenters. The predicted molar refractivity (Wildman–Crippen MR) is 52.2 cm³/mol. The van der Waals surface area contributed by atoms with Crippen LogP contribution in [-0.4, -0.2) is 6.61 Å². The summed E-state index contributed by atoms with van der Waals surface area (Å²) in [7, 11) is 0. The number of alkyl halides is 3. The molecule has 0 N–H and O–H groups in total. The smallest absolute Gasteiger partial charge is 0.416 e. The second-order valence-electron chi connectivity index (χ2n) is 2.99. The topological polar surface area (TPSA) is 9.23 Å². The van der Waals surface area contributed by atoms with Gasteiger partial charge in [-0.25, -0.2) is 0 Å². The molecular weight excluding hydrogens is 229 g/mol. The number of ether oxygens (including phenoxy) is 1. The van der Waals surface area contributed by atoms with E-state index in [0.29, 0.717) is 6.61 Å². The van der Waals surface area contributed by atoms with Gasteiger partial charge in [0.15, 0.2) is 0 Å². The standard InChI is InChI=1S/C10H10ClF3O/c1-2-5-15-9-4-3-7(6-8(9)11)10(12,13)14/h3-4,6H,2,5H2,1H3. The summed E-state index contributed by atoms with van der Waals surface area (Å²) in [6, 6.07) is 3.06. The second kappa shape index (κ2) is 4.75. The minimum atomic E-state index is -4.37. The molecule has 0 unspecified atom stereocenters. The minimum absolute atomic E-state index is 0.0155. The maximum Gasteiger partial charge on any atom is 0.416 e. The van der Waals surface area contributed by atoms with Gasteiger partial charge in [0.1, 0.15) is 5.75 Å². The fourth-order valence-electron chi connectivity index (χ4n) is 1.01. The molecule has 1 aromatic carbocycles. The largest absolute Gasteiger partial charge is 0.492 e. The number of benzene rings is 1. The average Bonchev–Trinajstić information content (AvgIpc) is 2.14. The molecule has 1 nitrogen and oxygen atoms in total. The SMILES string of the molecule is CCCOc1ccc(C(F)(F)F)cc1Cl. The van der Waals surface area contributed by atoms with Crippen molar-refractivity contribution in [3.8, 4) is 5.75 Å². The third kappa shape index (κ3) is 3.30. The van der Waals surface area contributed by atoms with Crippen LogP contribution in [0, 0.1) is 0 Å². The van der Waals surface area contributed by atoms with E-state index in [1.54, 1.807) is 0 Å². The summed E-state index contributed by atoms with van der Waals surface area (Å²) < 4.78 is 41.9. The highest BCUT2D eigenvalue weighted by Crippen LogP contribution is 2.34. The van der Waals surface area contributed by atoms with Crippen molar-refractivity contribution in [2.45, 2.75) is 19.5 Å². The van der Waals surface area contributed by atoms with Crippen molar-refractivity contribution in [2.75, 3.05) is 6.61 Å². The Morgan fingerprint density at radius 2 is 2.00 bits per heavy atom. The molecular formula is C10H10ClF3O. The first-order valence-corrected chi connectivity index (χ1v) is 4.82. The fraction of sp³-hybridized carbons (Fsp3) is 0.400. The Morgan fingerprint density at radius 1 is 1.33 bits per heavy atom. The number of hydrogen-bond donors (Lipinski definition) is 0. The van der Waals surface area contributed by atoms with Gasteiger partial charge in [0.2, 0.25) is 0 Å². The quantitative estimate of drug-likeness (QED) is 0.769. The molecule has 0 bridgehead atoms. The summed E-state index contributed by atoms with van der Waals surface area (Å²) in [6.07, 6.45) is -3.59. The van der Waals surface area contributed by atoms with Gasteiger partial charge in [0.05, 0.1) is 17.2 Å². The molecule has 0 saturated carbocycles. The normalized spacial score (nSPS) is 11.5. The summed E-state index contributed by atoms with van der Waals surface area (Å²) in [6.45, 7) is 2.34. The summed E-state index contributed by atoms with van der Waals surface area (Å²) >= 11 is 5.65. The molecule has 0 aliphatic carbocycles. The van der Waals surface area contributed by atoms with Gasteiger partial charge in [0, 0.05) is 0 Å². The highest BCUT2D eigenvalue weighted by molar-refractivity contribution is 6.32. The van der Waals surface area contributed by atoms with Crippen LogP contribution in [-0.2, 0) is 6.18 Å². The van der Waals surface area contributed by atoms with Gasteiger partial charge in [0.25, 0.3) is 0 Å². The molecule has 0 aliphatic rings. The molecule has 0 amide bonds. The van der Waals surface area contributed by atoms with Gasteiger partial charge in [-0.2, -0.15) is 13.2 Å². The van der Waals surface area contributed by atoms with Crippen LogP contribution in [0.15, 0.2) is 18.2 Å². The van der Waals surface area contributed by atoms with Crippen molar-refractivity contribution in [1.82, 2.24) is 0 Å². The fourth-order valence-corrected chi connectivity index (χ4v) is 1.24. The third-order valence-corrected chi connectivity index (χ3v) is 2.02. The van der Waals surface area contributed by atoms with Crippen LogP contribution in [0.25, 0.3) is 0 Å². The van der Waals surface area contributed by atoms with Crippen molar-refractivity contribution < 1.29 is 17.9 Å². The average molecular weight is 239 g/mol. The monoisotopic (exact) mass is 238 g/mol. The number of halogens is 4. The molecule has 1 rings (SSSR count). The van der Waals surface area contributed by atoms with Gasteiger partial charge < -0.3 is 4.74 Å². The Kier molecular flexibility index (Phi) is 3.85. The molecule has 0 fully saturated rings. The van der Waals surface area contributed by atoms with E-state index in [-0.39, 0.29) is 10.8 Å². The van der Waals surface area contributed by atoms with E-state index in [1.165, 1.54) is 6.07 Å². The van der Waals surface area contributed by atoms with E-state index in [4.69, 9.17) is 16.3 Å². The van der Waals surface area contributed by atoms with E-state index in [9.17, 15) is 13.2 Å². The van der Waals surface area contributed by atoms with Crippen molar-refractivity contribution in [3.63, 3.8) is 0 Å². The Bertz CT molecular complexity index is 336. The summed E-state index contributed by atoms with van der Waals surface area (Å²) in [5, 5.41) is -0.0155. The molecule has 5 heteroatoms. The first kappa shape index (κ1) is 12.2. The van der Waals surface area contributed by atoms with Gasteiger partial charge >= 0.3 is 6.18 Å². The van der Waals surface area contributed by atoms with Crippen LogP contribution in [0.2, 0.25) is 5.02 Å². The van der Waals surface area contributed by atoms with Crippen LogP contribution >= 0.6 is 11.6 Å². The molecule has 0 aromatic heterocycles. The number of rotatable bonds is 3. The summed E-state index contributed by atoms with van der Waals surface area (Å²) in [5.74, 6) is 0.284. The molecule has 0 spiro atoms. The number of hydrogen-bond acceptors (Lipinski definition) is 1. The molecule has 84 valence electrons.